The Labute approximate surface area is 129 Å². The van der Waals surface area contributed by atoms with Crippen LogP contribution in [0.3, 0.4) is 0 Å². The van der Waals surface area contributed by atoms with E-state index in [9.17, 15) is 4.79 Å². The highest BCUT2D eigenvalue weighted by Crippen LogP contribution is 2.36. The van der Waals surface area contributed by atoms with E-state index in [4.69, 9.17) is 0 Å². The number of hydrogen-bond donors (Lipinski definition) is 0. The fourth-order valence-electron chi connectivity index (χ4n) is 2.67. The van der Waals surface area contributed by atoms with E-state index in [1.165, 1.54) is 10.4 Å². The van der Waals surface area contributed by atoms with E-state index < -0.39 is 0 Å². The van der Waals surface area contributed by atoms with E-state index >= 15 is 0 Å². The SMILES string of the molecule is CCC1c2ccsc2CCN1C(=O)c1csc(Br)c1. The van der Waals surface area contributed by atoms with Gasteiger partial charge in [-0.2, -0.15) is 0 Å². The minimum absolute atomic E-state index is 0.158. The van der Waals surface area contributed by atoms with E-state index in [1.54, 1.807) is 11.3 Å². The number of amides is 1. The molecule has 0 aromatic carbocycles. The van der Waals surface area contributed by atoms with Gasteiger partial charge in [0.2, 0.25) is 0 Å². The third-order valence-corrected chi connectivity index (χ3v) is 6.06. The van der Waals surface area contributed by atoms with Gasteiger partial charge in [0.25, 0.3) is 5.91 Å². The first kappa shape index (κ1) is 13.3. The van der Waals surface area contributed by atoms with Gasteiger partial charge in [-0.15, -0.1) is 22.7 Å². The lowest BCUT2D eigenvalue weighted by Gasteiger charge is -2.35. The predicted molar refractivity (Wildman–Crippen MR) is 84.1 cm³/mol. The van der Waals surface area contributed by atoms with E-state index in [2.05, 4.69) is 34.3 Å². The number of thiophene rings is 2. The molecule has 2 aromatic rings. The van der Waals surface area contributed by atoms with Crippen LogP contribution in [0, 0.1) is 0 Å². The molecule has 1 aliphatic heterocycles. The molecule has 19 heavy (non-hydrogen) atoms. The van der Waals surface area contributed by atoms with Crippen molar-refractivity contribution in [2.45, 2.75) is 25.8 Å². The smallest absolute Gasteiger partial charge is 0.255 e. The summed E-state index contributed by atoms with van der Waals surface area (Å²) >= 11 is 6.80. The van der Waals surface area contributed by atoms with Crippen LogP contribution in [0.4, 0.5) is 0 Å². The van der Waals surface area contributed by atoms with Crippen LogP contribution in [0.2, 0.25) is 0 Å². The van der Waals surface area contributed by atoms with Crippen LogP contribution in [0.15, 0.2) is 26.7 Å². The molecule has 3 rings (SSSR count). The summed E-state index contributed by atoms with van der Waals surface area (Å²) in [4.78, 5) is 16.1. The Morgan fingerprint density at radius 1 is 1.53 bits per heavy atom. The maximum atomic E-state index is 12.6. The number of halogens is 1. The van der Waals surface area contributed by atoms with Gasteiger partial charge in [0.1, 0.15) is 0 Å². The van der Waals surface area contributed by atoms with Crippen molar-refractivity contribution in [1.82, 2.24) is 4.90 Å². The normalized spacial score (nSPS) is 18.4. The number of fused-ring (bicyclic) bond motifs is 1. The average molecular weight is 356 g/mol. The molecular weight excluding hydrogens is 342 g/mol. The summed E-state index contributed by atoms with van der Waals surface area (Å²) in [7, 11) is 0. The lowest BCUT2D eigenvalue weighted by atomic mass is 9.97. The van der Waals surface area contributed by atoms with Crippen molar-refractivity contribution in [2.24, 2.45) is 0 Å². The second-order valence-electron chi connectivity index (χ2n) is 4.61. The monoisotopic (exact) mass is 355 g/mol. The third kappa shape index (κ3) is 2.39. The lowest BCUT2D eigenvalue weighted by Crippen LogP contribution is -2.39. The topological polar surface area (TPSA) is 20.3 Å². The summed E-state index contributed by atoms with van der Waals surface area (Å²) < 4.78 is 1.01. The first-order valence-electron chi connectivity index (χ1n) is 6.32. The Bertz CT molecular complexity index is 604. The highest BCUT2D eigenvalue weighted by Gasteiger charge is 2.31. The van der Waals surface area contributed by atoms with Crippen molar-refractivity contribution in [2.75, 3.05) is 6.54 Å². The van der Waals surface area contributed by atoms with Crippen LogP contribution in [0.25, 0.3) is 0 Å². The zero-order chi connectivity index (χ0) is 13.4. The zero-order valence-electron chi connectivity index (χ0n) is 10.6. The Morgan fingerprint density at radius 2 is 2.37 bits per heavy atom. The minimum atomic E-state index is 0.158. The van der Waals surface area contributed by atoms with Crippen LogP contribution in [0.1, 0.15) is 40.2 Å². The standard InChI is InChI=1S/C14H14BrNOS2/c1-2-11-10-4-6-18-12(10)3-5-16(11)14(17)9-7-13(15)19-8-9/h4,6-8,11H,2-3,5H2,1H3. The molecule has 0 bridgehead atoms. The summed E-state index contributed by atoms with van der Waals surface area (Å²) in [6.07, 6.45) is 1.96. The zero-order valence-corrected chi connectivity index (χ0v) is 13.8. The molecule has 1 amide bonds. The Kier molecular flexibility index (Phi) is 3.78. The molecule has 0 N–H and O–H groups in total. The number of nitrogens with zero attached hydrogens (tertiary/aromatic N) is 1. The molecule has 3 heterocycles. The van der Waals surface area contributed by atoms with E-state index in [-0.39, 0.29) is 11.9 Å². The number of carbonyl (C=O) groups is 1. The molecule has 1 unspecified atom stereocenters. The molecule has 2 nitrogen and oxygen atoms in total. The quantitative estimate of drug-likeness (QED) is 0.762. The Morgan fingerprint density at radius 3 is 3.05 bits per heavy atom. The van der Waals surface area contributed by atoms with Gasteiger partial charge in [0.15, 0.2) is 0 Å². The molecule has 0 spiro atoms. The average Bonchev–Trinajstić information content (AvgIpc) is 3.04. The molecule has 0 saturated carbocycles. The molecule has 0 saturated heterocycles. The van der Waals surface area contributed by atoms with Gasteiger partial charge in [0, 0.05) is 16.8 Å². The number of carbonyl (C=O) groups excluding carboxylic acids is 1. The largest absolute Gasteiger partial charge is 0.331 e. The van der Waals surface area contributed by atoms with Gasteiger partial charge < -0.3 is 4.90 Å². The van der Waals surface area contributed by atoms with Gasteiger partial charge in [-0.25, -0.2) is 0 Å². The molecule has 0 fully saturated rings. The summed E-state index contributed by atoms with van der Waals surface area (Å²) in [6.45, 7) is 2.99. The fourth-order valence-corrected chi connectivity index (χ4v) is 4.73. The third-order valence-electron chi connectivity index (χ3n) is 3.56. The first-order valence-corrected chi connectivity index (χ1v) is 8.87. The van der Waals surface area contributed by atoms with E-state index in [1.807, 2.05) is 27.7 Å². The van der Waals surface area contributed by atoms with E-state index in [0.717, 1.165) is 28.7 Å². The second kappa shape index (κ2) is 5.38. The van der Waals surface area contributed by atoms with Crippen LogP contribution in [0.5, 0.6) is 0 Å². The molecule has 1 atom stereocenters. The Hall–Kier alpha value is -0.650. The summed E-state index contributed by atoms with van der Waals surface area (Å²) in [6, 6.07) is 4.33. The minimum Gasteiger partial charge on any atom is -0.331 e. The summed E-state index contributed by atoms with van der Waals surface area (Å²) in [5.41, 5.74) is 2.15. The maximum absolute atomic E-state index is 12.6. The van der Waals surface area contributed by atoms with Gasteiger partial charge in [0.05, 0.1) is 15.4 Å². The molecular formula is C14H14BrNOS2. The highest BCUT2D eigenvalue weighted by atomic mass is 79.9. The van der Waals surface area contributed by atoms with Crippen molar-refractivity contribution in [3.05, 3.63) is 42.7 Å². The van der Waals surface area contributed by atoms with Crippen molar-refractivity contribution in [3.63, 3.8) is 0 Å². The van der Waals surface area contributed by atoms with Crippen LogP contribution < -0.4 is 0 Å². The van der Waals surface area contributed by atoms with Crippen LogP contribution >= 0.6 is 38.6 Å². The van der Waals surface area contributed by atoms with Crippen molar-refractivity contribution in [1.29, 1.82) is 0 Å². The van der Waals surface area contributed by atoms with Crippen LogP contribution in [-0.4, -0.2) is 17.4 Å². The number of hydrogen-bond acceptors (Lipinski definition) is 3. The molecule has 100 valence electrons. The maximum Gasteiger partial charge on any atom is 0.255 e. The Balaban J connectivity index is 1.91. The summed E-state index contributed by atoms with van der Waals surface area (Å²) in [5.74, 6) is 0.158. The van der Waals surface area contributed by atoms with Crippen molar-refractivity contribution < 1.29 is 4.79 Å². The second-order valence-corrected chi connectivity index (χ2v) is 7.90. The summed E-state index contributed by atoms with van der Waals surface area (Å²) in [5, 5.41) is 4.07. The van der Waals surface area contributed by atoms with Crippen LogP contribution in [-0.2, 0) is 6.42 Å². The van der Waals surface area contributed by atoms with Gasteiger partial charge in [-0.1, -0.05) is 6.92 Å². The van der Waals surface area contributed by atoms with Gasteiger partial charge >= 0.3 is 0 Å². The molecule has 5 heteroatoms. The fraction of sp³-hybridized carbons (Fsp3) is 0.357. The van der Waals surface area contributed by atoms with E-state index in [0.29, 0.717) is 0 Å². The molecule has 0 aliphatic carbocycles. The molecule has 0 radical (unpaired) electrons. The van der Waals surface area contributed by atoms with Gasteiger partial charge in [-0.3, -0.25) is 4.79 Å². The van der Waals surface area contributed by atoms with Crippen molar-refractivity contribution in [3.8, 4) is 0 Å². The van der Waals surface area contributed by atoms with Crippen molar-refractivity contribution >= 4 is 44.5 Å². The highest BCUT2D eigenvalue weighted by molar-refractivity contribution is 9.11. The molecule has 2 aromatic heterocycles. The van der Waals surface area contributed by atoms with Gasteiger partial charge in [-0.05, 0) is 51.8 Å². The lowest BCUT2D eigenvalue weighted by molar-refractivity contribution is 0.0658. The number of rotatable bonds is 2. The molecule has 1 aliphatic rings. The predicted octanol–water partition coefficient (Wildman–Crippen LogP) is 4.72. The first-order chi connectivity index (χ1) is 9.20.